The van der Waals surface area contributed by atoms with E-state index in [9.17, 15) is 28.0 Å². The van der Waals surface area contributed by atoms with E-state index in [4.69, 9.17) is 4.74 Å². The van der Waals surface area contributed by atoms with Gasteiger partial charge in [0.15, 0.2) is 6.10 Å². The number of halogens is 2. The average molecular weight is 383 g/mol. The number of hydrogen-bond donors (Lipinski definition) is 2. The van der Waals surface area contributed by atoms with Gasteiger partial charge in [0.2, 0.25) is 0 Å². The van der Waals surface area contributed by atoms with Crippen LogP contribution in [0, 0.1) is 0 Å². The highest BCUT2D eigenvalue weighted by Gasteiger charge is 2.20. The number of aromatic amines is 1. The lowest BCUT2D eigenvalue weighted by atomic mass is 10.2. The third-order valence-corrected chi connectivity index (χ3v) is 3.23. The summed E-state index contributed by atoms with van der Waals surface area (Å²) >= 11 is 0. The summed E-state index contributed by atoms with van der Waals surface area (Å²) in [6.45, 7) is -2.34. The van der Waals surface area contributed by atoms with Crippen molar-refractivity contribution >= 4 is 17.6 Å². The molecule has 0 aliphatic heterocycles. The van der Waals surface area contributed by atoms with Crippen molar-refractivity contribution in [2.45, 2.75) is 26.2 Å². The minimum absolute atomic E-state index is 0.0254. The maximum atomic E-state index is 12.4. The van der Waals surface area contributed by atoms with E-state index in [1.165, 1.54) is 31.2 Å². The standard InChI is InChI=1S/C16H15F2N3O6/c1-9(26-13(23)8-21-7-6-12(22)20-16(21)25)14(24)19-10-4-2-3-5-11(10)27-15(17)18/h2-7,9,15H,8H2,1H3,(H,19,24)(H,20,22,25)/t9-/m0/s1. The van der Waals surface area contributed by atoms with Gasteiger partial charge in [-0.25, -0.2) is 4.79 Å². The molecule has 1 aromatic heterocycles. The number of ether oxygens (including phenoxy) is 2. The van der Waals surface area contributed by atoms with Gasteiger partial charge in [-0.3, -0.25) is 23.9 Å². The molecular weight excluding hydrogens is 368 g/mol. The van der Waals surface area contributed by atoms with Crippen LogP contribution in [0.5, 0.6) is 5.75 Å². The highest BCUT2D eigenvalue weighted by atomic mass is 19.3. The summed E-state index contributed by atoms with van der Waals surface area (Å²) in [6, 6.07) is 6.56. The summed E-state index contributed by atoms with van der Waals surface area (Å²) in [5, 5.41) is 2.31. The maximum Gasteiger partial charge on any atom is 0.387 e. The molecule has 0 bridgehead atoms. The molecule has 2 rings (SSSR count). The zero-order chi connectivity index (χ0) is 20.0. The van der Waals surface area contributed by atoms with Crippen LogP contribution in [0.1, 0.15) is 6.92 Å². The van der Waals surface area contributed by atoms with Gasteiger partial charge in [-0.2, -0.15) is 8.78 Å². The van der Waals surface area contributed by atoms with Crippen LogP contribution in [-0.4, -0.2) is 34.1 Å². The SMILES string of the molecule is C[C@H](OC(=O)Cn1ccc(=O)[nH]c1=O)C(=O)Nc1ccccc1OC(F)F. The number of aromatic nitrogens is 2. The van der Waals surface area contributed by atoms with E-state index in [0.717, 1.165) is 16.8 Å². The predicted octanol–water partition coefficient (Wildman–Crippen LogP) is 0.708. The Kier molecular flexibility index (Phi) is 6.41. The van der Waals surface area contributed by atoms with Crippen molar-refractivity contribution in [2.75, 3.05) is 5.32 Å². The fourth-order valence-electron chi connectivity index (χ4n) is 2.00. The molecule has 1 aromatic carbocycles. The molecule has 0 aliphatic rings. The highest BCUT2D eigenvalue weighted by molar-refractivity contribution is 5.96. The normalized spacial score (nSPS) is 11.7. The van der Waals surface area contributed by atoms with Crippen LogP contribution in [0.15, 0.2) is 46.1 Å². The third kappa shape index (κ3) is 5.76. The molecule has 0 radical (unpaired) electrons. The maximum absolute atomic E-state index is 12.4. The van der Waals surface area contributed by atoms with Crippen molar-refractivity contribution in [2.24, 2.45) is 0 Å². The molecule has 11 heteroatoms. The van der Waals surface area contributed by atoms with E-state index in [1.54, 1.807) is 0 Å². The second-order valence-corrected chi connectivity index (χ2v) is 5.23. The largest absolute Gasteiger partial charge is 0.451 e. The topological polar surface area (TPSA) is 119 Å². The van der Waals surface area contributed by atoms with Crippen LogP contribution in [-0.2, 0) is 20.9 Å². The second kappa shape index (κ2) is 8.74. The van der Waals surface area contributed by atoms with Gasteiger partial charge >= 0.3 is 18.3 Å². The molecule has 0 fully saturated rings. The van der Waals surface area contributed by atoms with Gasteiger partial charge in [-0.15, -0.1) is 0 Å². The molecule has 144 valence electrons. The first-order valence-corrected chi connectivity index (χ1v) is 7.60. The summed E-state index contributed by atoms with van der Waals surface area (Å²) in [7, 11) is 0. The van der Waals surface area contributed by atoms with E-state index >= 15 is 0 Å². The Bertz CT molecular complexity index is 940. The Morgan fingerprint density at radius 2 is 1.93 bits per heavy atom. The lowest BCUT2D eigenvalue weighted by Gasteiger charge is -2.16. The van der Waals surface area contributed by atoms with Crippen molar-refractivity contribution in [3.05, 3.63) is 57.4 Å². The highest BCUT2D eigenvalue weighted by Crippen LogP contribution is 2.25. The van der Waals surface area contributed by atoms with E-state index < -0.39 is 42.4 Å². The van der Waals surface area contributed by atoms with Gasteiger partial charge in [-0.1, -0.05) is 12.1 Å². The number of carbonyl (C=O) groups is 2. The Morgan fingerprint density at radius 3 is 2.59 bits per heavy atom. The van der Waals surface area contributed by atoms with Crippen molar-refractivity contribution in [3.63, 3.8) is 0 Å². The van der Waals surface area contributed by atoms with Gasteiger partial charge in [0.1, 0.15) is 12.3 Å². The molecule has 1 amide bonds. The fraction of sp³-hybridized carbons (Fsp3) is 0.250. The van der Waals surface area contributed by atoms with E-state index in [2.05, 4.69) is 10.1 Å². The van der Waals surface area contributed by atoms with E-state index in [-0.39, 0.29) is 11.4 Å². The Morgan fingerprint density at radius 1 is 1.22 bits per heavy atom. The number of benzene rings is 1. The van der Waals surface area contributed by atoms with Gasteiger partial charge in [0.25, 0.3) is 11.5 Å². The molecule has 9 nitrogen and oxygen atoms in total. The zero-order valence-electron chi connectivity index (χ0n) is 14.0. The zero-order valence-corrected chi connectivity index (χ0v) is 14.0. The van der Waals surface area contributed by atoms with E-state index in [0.29, 0.717) is 0 Å². The van der Waals surface area contributed by atoms with Gasteiger partial charge < -0.3 is 14.8 Å². The summed E-state index contributed by atoms with van der Waals surface area (Å²) in [6.07, 6.45) is -0.180. The first-order valence-electron chi connectivity index (χ1n) is 7.60. The molecule has 0 saturated heterocycles. The lowest BCUT2D eigenvalue weighted by molar-refractivity contribution is -0.153. The number of amides is 1. The summed E-state index contributed by atoms with van der Waals surface area (Å²) < 4.78 is 34.8. The van der Waals surface area contributed by atoms with Crippen LogP contribution >= 0.6 is 0 Å². The number of nitrogens with zero attached hydrogens (tertiary/aromatic N) is 1. The third-order valence-electron chi connectivity index (χ3n) is 3.23. The van der Waals surface area contributed by atoms with Crippen molar-refractivity contribution in [1.29, 1.82) is 0 Å². The molecule has 27 heavy (non-hydrogen) atoms. The fourth-order valence-corrected chi connectivity index (χ4v) is 2.00. The number of rotatable bonds is 7. The monoisotopic (exact) mass is 383 g/mol. The van der Waals surface area contributed by atoms with Crippen LogP contribution in [0.3, 0.4) is 0 Å². The summed E-state index contributed by atoms with van der Waals surface area (Å²) in [5.41, 5.74) is -1.46. The van der Waals surface area contributed by atoms with Crippen LogP contribution in [0.25, 0.3) is 0 Å². The molecule has 2 aromatic rings. The lowest BCUT2D eigenvalue weighted by Crippen LogP contribution is -2.35. The van der Waals surface area contributed by atoms with E-state index in [1.807, 2.05) is 4.98 Å². The van der Waals surface area contributed by atoms with Crippen molar-refractivity contribution < 1.29 is 27.8 Å². The minimum Gasteiger partial charge on any atom is -0.451 e. The number of carbonyl (C=O) groups excluding carboxylic acids is 2. The number of para-hydroxylation sites is 2. The average Bonchev–Trinajstić information content (AvgIpc) is 2.58. The minimum atomic E-state index is -3.08. The predicted molar refractivity (Wildman–Crippen MR) is 88.6 cm³/mol. The Hall–Kier alpha value is -3.50. The molecule has 0 aliphatic carbocycles. The van der Waals surface area contributed by atoms with Crippen LogP contribution in [0.4, 0.5) is 14.5 Å². The van der Waals surface area contributed by atoms with Crippen molar-refractivity contribution in [1.82, 2.24) is 9.55 Å². The van der Waals surface area contributed by atoms with Crippen molar-refractivity contribution in [3.8, 4) is 5.75 Å². The quantitative estimate of drug-likeness (QED) is 0.680. The van der Waals surface area contributed by atoms with Crippen LogP contribution in [0.2, 0.25) is 0 Å². The molecule has 0 unspecified atom stereocenters. The molecule has 0 spiro atoms. The number of nitrogens with one attached hydrogen (secondary N) is 2. The smallest absolute Gasteiger partial charge is 0.387 e. The van der Waals surface area contributed by atoms with Crippen LogP contribution < -0.4 is 21.3 Å². The molecule has 1 atom stereocenters. The molecule has 1 heterocycles. The number of alkyl halides is 2. The molecule has 2 N–H and O–H groups in total. The van der Waals surface area contributed by atoms with Gasteiger partial charge in [0.05, 0.1) is 5.69 Å². The Labute approximate surface area is 150 Å². The Balaban J connectivity index is 1.98. The first kappa shape index (κ1) is 19.8. The number of esters is 1. The summed E-state index contributed by atoms with van der Waals surface area (Å²) in [5.74, 6) is -1.95. The number of H-pyrrole nitrogens is 1. The second-order valence-electron chi connectivity index (χ2n) is 5.23. The first-order chi connectivity index (χ1) is 12.8. The summed E-state index contributed by atoms with van der Waals surface area (Å²) in [4.78, 5) is 48.4. The molecule has 0 saturated carbocycles. The van der Waals surface area contributed by atoms with Gasteiger partial charge in [-0.05, 0) is 19.1 Å². The number of anilines is 1. The number of hydrogen-bond acceptors (Lipinski definition) is 6. The molecular formula is C16H15F2N3O6. The van der Waals surface area contributed by atoms with Gasteiger partial charge in [0, 0.05) is 12.3 Å².